The van der Waals surface area contributed by atoms with Crippen LogP contribution in [-0.4, -0.2) is 56.9 Å². The summed E-state index contributed by atoms with van der Waals surface area (Å²) in [6.45, 7) is -0.818. The molecule has 1 N–H and O–H groups in total. The number of aryl methyl sites for hydroxylation is 1. The zero-order valence-electron chi connectivity index (χ0n) is 22.1. The van der Waals surface area contributed by atoms with Crippen molar-refractivity contribution in [2.45, 2.75) is 44.9 Å². The number of hydrogen-bond donors (Lipinski definition) is 1. The van der Waals surface area contributed by atoms with Gasteiger partial charge in [-0.1, -0.05) is 24.3 Å². The molecule has 1 unspecified atom stereocenters. The number of benzene rings is 2. The van der Waals surface area contributed by atoms with Crippen molar-refractivity contribution < 1.29 is 59.8 Å². The van der Waals surface area contributed by atoms with E-state index >= 15 is 0 Å². The second-order valence-electron chi connectivity index (χ2n) is 9.07. The van der Waals surface area contributed by atoms with Gasteiger partial charge in [-0.2, -0.15) is 0 Å². The minimum Gasteiger partial charge on any atom is -0.445 e. The van der Waals surface area contributed by atoms with Crippen LogP contribution >= 0.6 is 0 Å². The highest BCUT2D eigenvalue weighted by Crippen LogP contribution is 2.26. The molecule has 0 bridgehead atoms. The van der Waals surface area contributed by atoms with Crippen molar-refractivity contribution >= 4 is 17.9 Å². The van der Waals surface area contributed by atoms with Crippen LogP contribution in [-0.2, 0) is 24.4 Å². The summed E-state index contributed by atoms with van der Waals surface area (Å²) < 4.78 is 94.4. The van der Waals surface area contributed by atoms with Crippen LogP contribution in [0.15, 0.2) is 54.7 Å². The monoisotopic (exact) mass is 633 g/mol. The third-order valence-electron chi connectivity index (χ3n) is 5.83. The number of aromatic nitrogens is 2. The maximum atomic E-state index is 13.0. The lowest BCUT2D eigenvalue weighted by Gasteiger charge is -2.25. The number of carbonyl (C=O) groups is 2. The summed E-state index contributed by atoms with van der Waals surface area (Å²) in [6.07, 6.45) is -10.3. The van der Waals surface area contributed by atoms with Crippen LogP contribution in [0, 0.1) is 10.1 Å². The number of hydrogen-bond acceptors (Lipinski definition) is 9. The summed E-state index contributed by atoms with van der Waals surface area (Å²) in [5.74, 6) is -1.46. The summed E-state index contributed by atoms with van der Waals surface area (Å²) in [6, 6.07) is 7.80. The summed E-state index contributed by atoms with van der Waals surface area (Å²) in [7, 11) is 0. The fourth-order valence-corrected chi connectivity index (χ4v) is 3.86. The van der Waals surface area contributed by atoms with Gasteiger partial charge in [0.25, 0.3) is 0 Å². The number of carbonyl (C=O) groups excluding carboxylic acids is 2. The summed E-state index contributed by atoms with van der Waals surface area (Å²) in [5.41, 5.74) is 0.554. The molecular weight excluding hydrogens is 612 g/mol. The number of amides is 3. The Kier molecular flexibility index (Phi) is 9.34. The predicted octanol–water partition coefficient (Wildman–Crippen LogP) is 5.29. The number of nitrogens with one attached hydrogen (secondary N) is 1. The lowest BCUT2D eigenvalue weighted by atomic mass is 10.2. The van der Waals surface area contributed by atoms with Gasteiger partial charge in [-0.3, -0.25) is 4.57 Å². The Morgan fingerprint density at radius 1 is 1.00 bits per heavy atom. The highest BCUT2D eigenvalue weighted by atomic mass is 19.4. The van der Waals surface area contributed by atoms with Gasteiger partial charge in [0.15, 0.2) is 0 Å². The van der Waals surface area contributed by atoms with E-state index in [0.29, 0.717) is 10.5 Å². The molecule has 1 atom stereocenters. The highest BCUT2D eigenvalue weighted by Gasteiger charge is 2.33. The van der Waals surface area contributed by atoms with Gasteiger partial charge in [0.2, 0.25) is 0 Å². The minimum absolute atomic E-state index is 0.0635. The number of ether oxygens (including phenoxy) is 4. The first-order valence-corrected chi connectivity index (χ1v) is 12.4. The Morgan fingerprint density at radius 3 is 2.11 bits per heavy atom. The first-order chi connectivity index (χ1) is 20.6. The number of imide groups is 1. The van der Waals surface area contributed by atoms with Gasteiger partial charge in [-0.05, 0) is 40.3 Å². The van der Waals surface area contributed by atoms with Gasteiger partial charge in [0.05, 0.1) is 6.54 Å². The predicted molar refractivity (Wildman–Crippen MR) is 133 cm³/mol. The van der Waals surface area contributed by atoms with Crippen LogP contribution in [0.5, 0.6) is 17.5 Å². The SMILES string of the molecule is O=C(NCc1ccc(OC(F)(F)F)cc1)N(Cc1ccc(OC(F)(F)F)cc1)C(=O)OCC1CCn2cc([N+](=O)[O-])nc2O1. The number of rotatable bonds is 9. The number of imidazole rings is 1. The molecule has 1 aromatic heterocycles. The van der Waals surface area contributed by atoms with E-state index in [9.17, 15) is 46.0 Å². The molecule has 0 saturated carbocycles. The number of nitrogens with zero attached hydrogens (tertiary/aromatic N) is 4. The molecule has 0 aliphatic carbocycles. The summed E-state index contributed by atoms with van der Waals surface area (Å²) >= 11 is 0. The summed E-state index contributed by atoms with van der Waals surface area (Å²) in [4.78, 5) is 40.6. The van der Waals surface area contributed by atoms with Gasteiger partial charge in [0, 0.05) is 24.5 Å². The third kappa shape index (κ3) is 9.13. The molecule has 0 radical (unpaired) electrons. The molecule has 19 heteroatoms. The quantitative estimate of drug-likeness (QED) is 0.189. The number of urea groups is 1. The van der Waals surface area contributed by atoms with Gasteiger partial charge in [-0.15, -0.1) is 26.3 Å². The molecule has 3 amide bonds. The van der Waals surface area contributed by atoms with Crippen molar-refractivity contribution in [1.82, 2.24) is 19.8 Å². The zero-order valence-corrected chi connectivity index (χ0v) is 22.1. The topological polar surface area (TPSA) is 147 Å². The molecule has 3 aromatic rings. The van der Waals surface area contributed by atoms with E-state index in [1.807, 2.05) is 0 Å². The second kappa shape index (κ2) is 13.0. The van der Waals surface area contributed by atoms with Crippen LogP contribution in [0.4, 0.5) is 41.7 Å². The third-order valence-corrected chi connectivity index (χ3v) is 5.83. The second-order valence-corrected chi connectivity index (χ2v) is 9.07. The number of fused-ring (bicyclic) bond motifs is 1. The first-order valence-electron chi connectivity index (χ1n) is 12.4. The van der Waals surface area contributed by atoms with Crippen molar-refractivity contribution in [3.8, 4) is 17.5 Å². The maximum absolute atomic E-state index is 13.0. The van der Waals surface area contributed by atoms with Crippen LogP contribution < -0.4 is 19.5 Å². The van der Waals surface area contributed by atoms with Crippen molar-refractivity contribution in [3.05, 3.63) is 76.0 Å². The van der Waals surface area contributed by atoms with Crippen molar-refractivity contribution in [3.63, 3.8) is 0 Å². The molecule has 0 fully saturated rings. The van der Waals surface area contributed by atoms with Gasteiger partial charge in [0.1, 0.15) is 30.4 Å². The fourth-order valence-electron chi connectivity index (χ4n) is 3.86. The molecule has 13 nitrogen and oxygen atoms in total. The number of halogens is 6. The molecular formula is C25H21F6N5O8. The minimum atomic E-state index is -4.93. The van der Waals surface area contributed by atoms with E-state index in [4.69, 9.17) is 9.47 Å². The molecule has 236 valence electrons. The molecule has 1 aliphatic rings. The van der Waals surface area contributed by atoms with Gasteiger partial charge < -0.3 is 34.4 Å². The standard InChI is InChI=1S/C25H21F6N5O8/c26-24(27,28)43-17-5-1-15(2-6-17)11-32-21(37)35(12-16-3-7-18(8-4-16)44-25(29,30)31)23(38)41-14-19-9-10-34-13-20(36(39)40)33-22(34)42-19/h1-8,13,19H,9-12,14H2,(H,32,37). The van der Waals surface area contributed by atoms with Crippen LogP contribution in [0.25, 0.3) is 0 Å². The van der Waals surface area contributed by atoms with Crippen LogP contribution in [0.3, 0.4) is 0 Å². The molecule has 1 aliphatic heterocycles. The van der Waals surface area contributed by atoms with E-state index in [-0.39, 0.29) is 37.7 Å². The fraction of sp³-hybridized carbons (Fsp3) is 0.320. The number of nitro groups is 1. The molecule has 4 rings (SSSR count). The Balaban J connectivity index is 1.41. The van der Waals surface area contributed by atoms with Crippen molar-refractivity contribution in [2.24, 2.45) is 0 Å². The maximum Gasteiger partial charge on any atom is 0.573 e. The van der Waals surface area contributed by atoms with Crippen LogP contribution in [0.1, 0.15) is 17.5 Å². The van der Waals surface area contributed by atoms with E-state index in [1.165, 1.54) is 35.0 Å². The van der Waals surface area contributed by atoms with Crippen molar-refractivity contribution in [2.75, 3.05) is 6.61 Å². The van der Waals surface area contributed by atoms with E-state index < -0.39 is 59.7 Å². The van der Waals surface area contributed by atoms with Gasteiger partial charge >= 0.3 is 36.7 Å². The Morgan fingerprint density at radius 2 is 1.57 bits per heavy atom. The molecule has 0 saturated heterocycles. The van der Waals surface area contributed by atoms with Crippen LogP contribution in [0.2, 0.25) is 0 Å². The highest BCUT2D eigenvalue weighted by molar-refractivity contribution is 5.90. The molecule has 44 heavy (non-hydrogen) atoms. The smallest absolute Gasteiger partial charge is 0.445 e. The molecule has 2 heterocycles. The lowest BCUT2D eigenvalue weighted by molar-refractivity contribution is -0.389. The Labute approximate surface area is 243 Å². The van der Waals surface area contributed by atoms with Gasteiger partial charge in [-0.25, -0.2) is 14.5 Å². The first kappa shape index (κ1) is 31.7. The van der Waals surface area contributed by atoms with E-state index in [2.05, 4.69) is 19.8 Å². The number of alkyl halides is 6. The average molecular weight is 633 g/mol. The zero-order chi connectivity index (χ0) is 32.1. The molecule has 2 aromatic carbocycles. The molecule has 0 spiro atoms. The van der Waals surface area contributed by atoms with Crippen molar-refractivity contribution in [1.29, 1.82) is 0 Å². The Hall–Kier alpha value is -5.23. The summed E-state index contributed by atoms with van der Waals surface area (Å²) in [5, 5.41) is 13.4. The largest absolute Gasteiger partial charge is 0.573 e. The average Bonchev–Trinajstić information content (AvgIpc) is 3.37. The van der Waals surface area contributed by atoms with E-state index in [0.717, 1.165) is 24.3 Å². The normalized spacial score (nSPS) is 14.5. The Bertz CT molecular complexity index is 1480. The lowest BCUT2D eigenvalue weighted by Crippen LogP contribution is -2.44. The van der Waals surface area contributed by atoms with E-state index in [1.54, 1.807) is 0 Å².